The van der Waals surface area contributed by atoms with Crippen LogP contribution in [0.1, 0.15) is 112 Å². The molecule has 0 aliphatic carbocycles. The molecular weight excluding hydrogens is 968 g/mol. The molecule has 15 atom stereocenters. The van der Waals surface area contributed by atoms with Crippen molar-refractivity contribution in [3.63, 3.8) is 0 Å². The number of esters is 1. The Hall–Kier alpha value is -3.91. The minimum atomic E-state index is -5.20. The van der Waals surface area contributed by atoms with E-state index in [1.54, 1.807) is 45.8 Å². The third-order valence-electron chi connectivity index (χ3n) is 14.3. The minimum Gasteiger partial charge on any atom is -0.462 e. The van der Waals surface area contributed by atoms with Gasteiger partial charge in [0.25, 0.3) is 5.91 Å². The Morgan fingerprint density at radius 2 is 1.73 bits per heavy atom. The number of likely N-dealkylation sites (N-methyl/N-ethyl adjacent to an activating group) is 1. The van der Waals surface area contributed by atoms with Gasteiger partial charge in [-0.05, 0) is 64.9 Å². The van der Waals surface area contributed by atoms with Gasteiger partial charge in [-0.3, -0.25) is 14.1 Å². The van der Waals surface area contributed by atoms with Gasteiger partial charge in [0.1, 0.15) is 36.4 Å². The number of methoxy groups -OCH3 is 2. The number of carbonyl (C=O) groups is 2. The predicted octanol–water partition coefficient (Wildman–Crippen LogP) is 5.26. The second kappa shape index (κ2) is 28.3. The minimum absolute atomic E-state index is 0.0371. The molecule has 21 heteroatoms. The lowest BCUT2D eigenvalue weighted by atomic mass is 9.72. The lowest BCUT2D eigenvalue weighted by molar-refractivity contribution is -0.335. The molecule has 3 rings (SSSR count). The van der Waals surface area contributed by atoms with Crippen molar-refractivity contribution >= 4 is 25.8 Å². The molecule has 0 bridgehead atoms. The van der Waals surface area contributed by atoms with Gasteiger partial charge in [0, 0.05) is 75.7 Å². The van der Waals surface area contributed by atoms with Gasteiger partial charge < -0.3 is 68.5 Å². The van der Waals surface area contributed by atoms with Crippen molar-refractivity contribution in [2.45, 2.75) is 168 Å². The SMILES string of the molecule is COC[C@@H](C(O)[C@H](O)C(=O)NCCC(C)c1nc(/C=C/CC2OC3(C[C@@H](OC(C)=O)[C@@H]2C)O[C@H]([C@H](C[C@H](O)C(C)[C@H](O)C(C)/C=C(C)/C(C)=C/C=C/C(C)=C/C#N)OC)[C@H](OP(=O)(O)O)C3(C)C)co1)N(C)C. The van der Waals surface area contributed by atoms with Gasteiger partial charge in [0.05, 0.1) is 43.1 Å². The maximum Gasteiger partial charge on any atom is 0.469 e. The number of nitriles is 1. The Morgan fingerprint density at radius 3 is 2.32 bits per heavy atom. The van der Waals surface area contributed by atoms with Gasteiger partial charge in [0.15, 0.2) is 17.8 Å². The van der Waals surface area contributed by atoms with Crippen LogP contribution in [0.3, 0.4) is 0 Å². The molecule has 20 nitrogen and oxygen atoms in total. The van der Waals surface area contributed by atoms with Gasteiger partial charge in [-0.15, -0.1) is 0 Å². The molecular formula is C52H83N4O16P. The fraction of sp³-hybridized carbons (Fsp3) is 0.692. The molecule has 2 fully saturated rings. The number of phosphoric ester groups is 1. The number of aromatic nitrogens is 1. The molecule has 7 N–H and O–H groups in total. The number of nitrogens with one attached hydrogen (secondary N) is 1. The van der Waals surface area contributed by atoms with Crippen LogP contribution in [0.4, 0.5) is 0 Å². The van der Waals surface area contributed by atoms with Gasteiger partial charge in [-0.2, -0.15) is 5.26 Å². The van der Waals surface area contributed by atoms with E-state index in [0.29, 0.717) is 18.0 Å². The summed E-state index contributed by atoms with van der Waals surface area (Å²) in [5, 5.41) is 55.8. The number of carbonyl (C=O) groups excluding carboxylic acids is 2. The Kier molecular flexibility index (Phi) is 24.6. The summed E-state index contributed by atoms with van der Waals surface area (Å²) >= 11 is 0. The number of hydrogen-bond donors (Lipinski definition) is 7. The molecule has 3 heterocycles. The molecule has 2 saturated heterocycles. The standard InChI is InChI=1S/C52H83N4O16P/c1-30(21-23-53)17-15-18-31(2)33(4)25-34(5)44(59)35(6)40(58)26-42(67-14)47-48(72-73(63,64)65)51(9,10)52(71-47)27-43(69-37(8)57)36(7)41(70-52)20-16-19-38-28-68-50(55-38)32(3)22-24-54-49(62)46(61)45(60)39(29-66-13)56(11)12/h15-19,21,25,28,32,34-36,39-48,58-61H,20,22,24,26-27,29H2,1-14H3,(H,54,62)(H2,63,64,65)/b17-15+,19-16+,30-21+,31-18+,33-25+/t32?,34?,35?,36-,39+,40+,41?,42+,43-,44-,45?,46+,47-,48+,52?/m1/s1. The van der Waals surface area contributed by atoms with Crippen molar-refractivity contribution < 1.29 is 77.0 Å². The average molecular weight is 1050 g/mol. The number of aliphatic hydroxyl groups excluding tert-OH is 4. The Labute approximate surface area is 431 Å². The molecule has 2 aliphatic heterocycles. The van der Waals surface area contributed by atoms with Crippen molar-refractivity contribution in [3.8, 4) is 6.07 Å². The van der Waals surface area contributed by atoms with Crippen molar-refractivity contribution in [1.29, 1.82) is 5.26 Å². The fourth-order valence-corrected chi connectivity index (χ4v) is 9.99. The summed E-state index contributed by atoms with van der Waals surface area (Å²) in [6, 6.07) is 1.39. The molecule has 412 valence electrons. The molecule has 73 heavy (non-hydrogen) atoms. The van der Waals surface area contributed by atoms with Crippen LogP contribution in [0.15, 0.2) is 63.9 Å². The van der Waals surface area contributed by atoms with E-state index < -0.39 is 110 Å². The monoisotopic (exact) mass is 1050 g/mol. The van der Waals surface area contributed by atoms with Crippen LogP contribution in [0.25, 0.3) is 6.08 Å². The van der Waals surface area contributed by atoms with E-state index >= 15 is 0 Å². The smallest absolute Gasteiger partial charge is 0.462 e. The molecule has 2 aliphatic rings. The van der Waals surface area contributed by atoms with Crippen LogP contribution in [-0.2, 0) is 42.4 Å². The Balaban J connectivity index is 1.82. The summed E-state index contributed by atoms with van der Waals surface area (Å²) in [6.45, 7) is 17.9. The van der Waals surface area contributed by atoms with E-state index in [-0.39, 0.29) is 38.3 Å². The molecule has 0 aromatic carbocycles. The summed E-state index contributed by atoms with van der Waals surface area (Å²) in [7, 11) is 1.06. The molecule has 6 unspecified atom stereocenters. The summed E-state index contributed by atoms with van der Waals surface area (Å²) < 4.78 is 54.5. The number of nitrogens with zero attached hydrogens (tertiary/aromatic N) is 3. The maximum atomic E-state index is 12.7. The third-order valence-corrected chi connectivity index (χ3v) is 14.8. The molecule has 1 aromatic rings. The quantitative estimate of drug-likeness (QED) is 0.0256. The van der Waals surface area contributed by atoms with Crippen LogP contribution in [0.2, 0.25) is 0 Å². The number of hydrogen-bond acceptors (Lipinski definition) is 17. The van der Waals surface area contributed by atoms with Crippen molar-refractivity contribution in [1.82, 2.24) is 15.2 Å². The first-order chi connectivity index (χ1) is 34.0. The second-order valence-electron chi connectivity index (χ2n) is 20.5. The van der Waals surface area contributed by atoms with Crippen LogP contribution >= 0.6 is 7.82 Å². The lowest BCUT2D eigenvalue weighted by Gasteiger charge is -2.50. The average Bonchev–Trinajstić information content (AvgIpc) is 3.86. The Morgan fingerprint density at radius 1 is 1.05 bits per heavy atom. The highest BCUT2D eigenvalue weighted by Gasteiger charge is 2.68. The van der Waals surface area contributed by atoms with E-state index in [4.69, 9.17) is 37.9 Å². The zero-order valence-electron chi connectivity index (χ0n) is 45.0. The van der Waals surface area contributed by atoms with E-state index in [1.807, 2.05) is 78.0 Å². The molecule has 1 amide bonds. The molecule has 1 aromatic heterocycles. The zero-order valence-corrected chi connectivity index (χ0v) is 45.9. The summed E-state index contributed by atoms with van der Waals surface area (Å²) in [4.78, 5) is 52.0. The number of aliphatic hydroxyl groups is 4. The molecule has 0 saturated carbocycles. The molecule has 1 spiro atoms. The third kappa shape index (κ3) is 17.6. The van der Waals surface area contributed by atoms with E-state index in [0.717, 1.165) is 16.7 Å². The van der Waals surface area contributed by atoms with Crippen LogP contribution in [0.5, 0.6) is 0 Å². The van der Waals surface area contributed by atoms with Crippen LogP contribution in [0, 0.1) is 34.5 Å². The Bertz CT molecular complexity index is 2200. The number of ether oxygens (including phenoxy) is 5. The number of allylic oxidation sites excluding steroid dienone is 7. The first kappa shape index (κ1) is 63.4. The van der Waals surface area contributed by atoms with E-state index in [2.05, 4.69) is 10.3 Å². The number of oxazole rings is 1. The zero-order chi connectivity index (χ0) is 55.2. The number of amides is 1. The first-order valence-electron chi connectivity index (χ1n) is 24.7. The van der Waals surface area contributed by atoms with Crippen LogP contribution in [-0.4, -0.2) is 160 Å². The highest BCUT2D eigenvalue weighted by atomic mass is 31.2. The highest BCUT2D eigenvalue weighted by Crippen LogP contribution is 2.59. The van der Waals surface area contributed by atoms with E-state index in [9.17, 15) is 44.4 Å². The van der Waals surface area contributed by atoms with Gasteiger partial charge in [-0.1, -0.05) is 77.5 Å². The maximum absolute atomic E-state index is 12.7. The summed E-state index contributed by atoms with van der Waals surface area (Å²) in [6.07, 6.45) is 4.02. The second-order valence-corrected chi connectivity index (χ2v) is 21.6. The highest BCUT2D eigenvalue weighted by molar-refractivity contribution is 7.46. The van der Waals surface area contributed by atoms with Crippen molar-refractivity contribution in [2.75, 3.05) is 41.5 Å². The first-order valence-corrected chi connectivity index (χ1v) is 26.2. The lowest BCUT2D eigenvalue weighted by Crippen LogP contribution is -2.58. The topological polar surface area (TPSA) is 293 Å². The summed E-state index contributed by atoms with van der Waals surface area (Å²) in [5.74, 6) is -4.30. The largest absolute Gasteiger partial charge is 0.469 e. The van der Waals surface area contributed by atoms with Crippen molar-refractivity contribution in [2.24, 2.45) is 23.2 Å². The van der Waals surface area contributed by atoms with Gasteiger partial charge >= 0.3 is 13.8 Å². The number of phosphoric acid groups is 1. The van der Waals surface area contributed by atoms with Crippen LogP contribution < -0.4 is 5.32 Å². The normalized spacial score (nSPS) is 26.8. The van der Waals surface area contributed by atoms with E-state index in [1.165, 1.54) is 33.5 Å². The van der Waals surface area contributed by atoms with Gasteiger partial charge in [-0.25, -0.2) is 9.55 Å². The predicted molar refractivity (Wildman–Crippen MR) is 272 cm³/mol. The molecule has 0 radical (unpaired) electrons. The van der Waals surface area contributed by atoms with Gasteiger partial charge in [0.2, 0.25) is 0 Å². The fourth-order valence-electron chi connectivity index (χ4n) is 9.31. The summed E-state index contributed by atoms with van der Waals surface area (Å²) in [5.41, 5.74) is 1.79. The van der Waals surface area contributed by atoms with Crippen molar-refractivity contribution in [3.05, 3.63) is 71.0 Å². The number of rotatable bonds is 27.